The van der Waals surface area contributed by atoms with Crippen LogP contribution in [-0.2, 0) is 15.1 Å². The quantitative estimate of drug-likeness (QED) is 0.809. The second-order valence-electron chi connectivity index (χ2n) is 6.76. The maximum Gasteiger partial charge on any atom is 0.325 e. The van der Waals surface area contributed by atoms with Crippen LogP contribution in [0, 0.1) is 11.3 Å². The van der Waals surface area contributed by atoms with Crippen LogP contribution in [0.4, 0.5) is 4.79 Å². The van der Waals surface area contributed by atoms with Crippen LogP contribution >= 0.6 is 0 Å². The van der Waals surface area contributed by atoms with Crippen molar-refractivity contribution >= 4 is 17.8 Å². The fourth-order valence-electron chi connectivity index (χ4n) is 3.50. The van der Waals surface area contributed by atoms with E-state index in [0.717, 1.165) is 17.7 Å². The van der Waals surface area contributed by atoms with Gasteiger partial charge >= 0.3 is 6.03 Å². The van der Waals surface area contributed by atoms with E-state index in [1.165, 1.54) is 0 Å². The van der Waals surface area contributed by atoms with E-state index >= 15 is 0 Å². The molecule has 7 nitrogen and oxygen atoms in total. The maximum atomic E-state index is 12.8. The van der Waals surface area contributed by atoms with Gasteiger partial charge < -0.3 is 10.6 Å². The van der Waals surface area contributed by atoms with Crippen LogP contribution in [0.15, 0.2) is 30.3 Å². The maximum absolute atomic E-state index is 12.8. The molecular formula is C18H20N4O3. The smallest absolute Gasteiger partial charge is 0.325 e. The van der Waals surface area contributed by atoms with E-state index in [2.05, 4.69) is 16.7 Å². The Hall–Kier alpha value is -2.88. The number of carbonyl (C=O) groups excluding carboxylic acids is 3. The van der Waals surface area contributed by atoms with Crippen molar-refractivity contribution in [2.75, 3.05) is 6.54 Å². The molecule has 25 heavy (non-hydrogen) atoms. The normalized spacial score (nSPS) is 24.7. The van der Waals surface area contributed by atoms with E-state index in [4.69, 9.17) is 0 Å². The molecule has 4 amide bonds. The molecule has 2 fully saturated rings. The van der Waals surface area contributed by atoms with Gasteiger partial charge in [0.05, 0.1) is 6.07 Å². The van der Waals surface area contributed by atoms with Crippen molar-refractivity contribution in [3.63, 3.8) is 0 Å². The van der Waals surface area contributed by atoms with Crippen LogP contribution in [0.25, 0.3) is 0 Å². The largest absolute Gasteiger partial charge is 0.336 e. The molecule has 130 valence electrons. The standard InChI is InChI=1S/C18H20N4O3/c1-17(13-7-3-2-4-8-13)15(24)22(16(25)21-17)11-14(23)20-18(12-19)9-5-6-10-18/h2-4,7-8H,5-6,9-11H2,1H3,(H,20,23)(H,21,25)/t17-/m0/s1. The summed E-state index contributed by atoms with van der Waals surface area (Å²) in [6.07, 6.45) is 2.94. The third kappa shape index (κ3) is 2.95. The number of urea groups is 1. The Kier molecular flexibility index (Phi) is 4.21. The molecule has 1 aromatic rings. The molecule has 1 atom stereocenters. The fourth-order valence-corrected chi connectivity index (χ4v) is 3.50. The van der Waals surface area contributed by atoms with Crippen molar-refractivity contribution in [3.05, 3.63) is 35.9 Å². The van der Waals surface area contributed by atoms with Crippen molar-refractivity contribution < 1.29 is 14.4 Å². The Labute approximate surface area is 146 Å². The first kappa shape index (κ1) is 17.0. The van der Waals surface area contributed by atoms with Gasteiger partial charge in [0, 0.05) is 0 Å². The van der Waals surface area contributed by atoms with Gasteiger partial charge in [0.15, 0.2) is 0 Å². The molecule has 0 radical (unpaired) electrons. The van der Waals surface area contributed by atoms with Crippen molar-refractivity contribution in [1.29, 1.82) is 5.26 Å². The lowest BCUT2D eigenvalue weighted by Gasteiger charge is -2.24. The van der Waals surface area contributed by atoms with Gasteiger partial charge in [-0.05, 0) is 38.2 Å². The van der Waals surface area contributed by atoms with Crippen molar-refractivity contribution in [2.24, 2.45) is 0 Å². The molecule has 0 aromatic heterocycles. The molecule has 1 saturated heterocycles. The number of hydrogen-bond donors (Lipinski definition) is 2. The molecule has 1 heterocycles. The third-order valence-corrected chi connectivity index (χ3v) is 4.98. The second kappa shape index (κ2) is 6.20. The minimum absolute atomic E-state index is 0.392. The zero-order valence-corrected chi connectivity index (χ0v) is 14.0. The summed E-state index contributed by atoms with van der Waals surface area (Å²) in [7, 11) is 0. The SMILES string of the molecule is C[C@@]1(c2ccccc2)NC(=O)N(CC(=O)NC2(C#N)CCCC2)C1=O. The van der Waals surface area contributed by atoms with Crippen LogP contribution < -0.4 is 10.6 Å². The Morgan fingerprint density at radius 3 is 2.52 bits per heavy atom. The predicted octanol–water partition coefficient (Wildman–Crippen LogP) is 1.41. The first-order valence-corrected chi connectivity index (χ1v) is 8.32. The number of nitriles is 1. The summed E-state index contributed by atoms with van der Waals surface area (Å²) in [6.45, 7) is 1.23. The number of nitrogens with zero attached hydrogens (tertiary/aromatic N) is 2. The highest BCUT2D eigenvalue weighted by molar-refractivity contribution is 6.09. The summed E-state index contributed by atoms with van der Waals surface area (Å²) < 4.78 is 0. The van der Waals surface area contributed by atoms with Crippen LogP contribution in [-0.4, -0.2) is 34.8 Å². The van der Waals surface area contributed by atoms with Gasteiger partial charge in [-0.2, -0.15) is 5.26 Å². The topological polar surface area (TPSA) is 102 Å². The summed E-state index contributed by atoms with van der Waals surface area (Å²) in [4.78, 5) is 38.2. The summed E-state index contributed by atoms with van der Waals surface area (Å²) in [5, 5.41) is 14.7. The average Bonchev–Trinajstić information content (AvgIpc) is 3.15. The molecule has 1 saturated carbocycles. The number of amides is 4. The van der Waals surface area contributed by atoms with Crippen LogP contribution in [0.3, 0.4) is 0 Å². The second-order valence-corrected chi connectivity index (χ2v) is 6.76. The van der Waals surface area contributed by atoms with E-state index in [0.29, 0.717) is 18.4 Å². The Bertz CT molecular complexity index is 749. The molecule has 7 heteroatoms. The zero-order valence-electron chi connectivity index (χ0n) is 14.0. The van der Waals surface area contributed by atoms with E-state index in [1.807, 2.05) is 6.07 Å². The van der Waals surface area contributed by atoms with Gasteiger partial charge in [0.25, 0.3) is 5.91 Å². The third-order valence-electron chi connectivity index (χ3n) is 4.98. The summed E-state index contributed by atoms with van der Waals surface area (Å²) >= 11 is 0. The van der Waals surface area contributed by atoms with E-state index in [9.17, 15) is 19.6 Å². The highest BCUT2D eigenvalue weighted by Crippen LogP contribution is 2.30. The Morgan fingerprint density at radius 2 is 1.92 bits per heavy atom. The van der Waals surface area contributed by atoms with E-state index in [1.54, 1.807) is 31.2 Å². The van der Waals surface area contributed by atoms with Gasteiger partial charge in [-0.3, -0.25) is 14.5 Å². The number of benzene rings is 1. The van der Waals surface area contributed by atoms with Crippen molar-refractivity contribution in [3.8, 4) is 6.07 Å². The van der Waals surface area contributed by atoms with Crippen LogP contribution in [0.5, 0.6) is 0 Å². The van der Waals surface area contributed by atoms with Gasteiger partial charge in [-0.25, -0.2) is 4.79 Å². The molecule has 3 rings (SSSR count). The monoisotopic (exact) mass is 340 g/mol. The first-order chi connectivity index (χ1) is 11.9. The summed E-state index contributed by atoms with van der Waals surface area (Å²) in [5.74, 6) is -0.972. The van der Waals surface area contributed by atoms with Gasteiger partial charge in [0.2, 0.25) is 5.91 Å². The lowest BCUT2D eigenvalue weighted by Crippen LogP contribution is -2.50. The molecular weight excluding hydrogens is 320 g/mol. The molecule has 0 bridgehead atoms. The molecule has 1 aliphatic heterocycles. The number of nitrogens with one attached hydrogen (secondary N) is 2. The number of imide groups is 1. The number of hydrogen-bond acceptors (Lipinski definition) is 4. The first-order valence-electron chi connectivity index (χ1n) is 8.32. The van der Waals surface area contributed by atoms with E-state index < -0.39 is 35.5 Å². The molecule has 0 unspecified atom stereocenters. The Morgan fingerprint density at radius 1 is 1.28 bits per heavy atom. The minimum Gasteiger partial charge on any atom is -0.336 e. The molecule has 2 N–H and O–H groups in total. The fraction of sp³-hybridized carbons (Fsp3) is 0.444. The Balaban J connectivity index is 1.73. The molecule has 1 aromatic carbocycles. The minimum atomic E-state index is -1.20. The van der Waals surface area contributed by atoms with Crippen molar-refractivity contribution in [2.45, 2.75) is 43.7 Å². The number of rotatable bonds is 4. The average molecular weight is 340 g/mol. The summed E-state index contributed by atoms with van der Waals surface area (Å²) in [5.41, 5.74) is -1.42. The number of carbonyl (C=O) groups is 3. The van der Waals surface area contributed by atoms with Crippen LogP contribution in [0.2, 0.25) is 0 Å². The zero-order chi connectivity index (χ0) is 18.1. The molecule has 1 aliphatic carbocycles. The predicted molar refractivity (Wildman–Crippen MR) is 89.0 cm³/mol. The van der Waals surface area contributed by atoms with Gasteiger partial charge in [0.1, 0.15) is 17.6 Å². The summed E-state index contributed by atoms with van der Waals surface area (Å²) in [6, 6.07) is 10.5. The molecule has 2 aliphatic rings. The molecule has 0 spiro atoms. The highest BCUT2D eigenvalue weighted by Gasteiger charge is 2.49. The van der Waals surface area contributed by atoms with E-state index in [-0.39, 0.29) is 0 Å². The highest BCUT2D eigenvalue weighted by atomic mass is 16.2. The van der Waals surface area contributed by atoms with Gasteiger partial charge in [-0.15, -0.1) is 0 Å². The lowest BCUT2D eigenvalue weighted by molar-refractivity contribution is -0.135. The lowest BCUT2D eigenvalue weighted by atomic mass is 9.92. The van der Waals surface area contributed by atoms with Crippen molar-refractivity contribution in [1.82, 2.24) is 15.5 Å². The van der Waals surface area contributed by atoms with Gasteiger partial charge in [-0.1, -0.05) is 30.3 Å². The van der Waals surface area contributed by atoms with Crippen LogP contribution in [0.1, 0.15) is 38.2 Å².